The van der Waals surface area contributed by atoms with Gasteiger partial charge in [-0.1, -0.05) is 38.1 Å². The Balaban J connectivity index is 1.88. The van der Waals surface area contributed by atoms with Gasteiger partial charge in [-0.2, -0.15) is 5.10 Å². The van der Waals surface area contributed by atoms with Crippen LogP contribution in [0, 0.1) is 6.92 Å². The van der Waals surface area contributed by atoms with Crippen LogP contribution in [0.15, 0.2) is 47.6 Å². The number of nitrogens with zero attached hydrogens (tertiary/aromatic N) is 2. The first-order valence-corrected chi connectivity index (χ1v) is 9.84. The van der Waals surface area contributed by atoms with E-state index in [4.69, 9.17) is 4.74 Å². The molecule has 28 heavy (non-hydrogen) atoms. The van der Waals surface area contributed by atoms with Gasteiger partial charge >= 0.3 is 0 Å². The molecule has 0 aliphatic heterocycles. The summed E-state index contributed by atoms with van der Waals surface area (Å²) >= 11 is 0. The normalized spacial score (nSPS) is 11.1. The zero-order chi connectivity index (χ0) is 20.5. The molecule has 0 aliphatic rings. The summed E-state index contributed by atoms with van der Waals surface area (Å²) in [4.78, 5) is 14.3. The number of carbonyl (C=O) groups excluding carboxylic acids is 1. The number of carbonyl (C=O) groups is 1. The summed E-state index contributed by atoms with van der Waals surface area (Å²) < 4.78 is 5.72. The highest BCUT2D eigenvalue weighted by Crippen LogP contribution is 2.27. The van der Waals surface area contributed by atoms with Gasteiger partial charge in [0.25, 0.3) is 5.91 Å². The van der Waals surface area contributed by atoms with E-state index in [2.05, 4.69) is 61.3 Å². The van der Waals surface area contributed by atoms with Crippen LogP contribution in [0.1, 0.15) is 50.3 Å². The predicted octanol–water partition coefficient (Wildman–Crippen LogP) is 4.49. The number of hydrazone groups is 1. The zero-order valence-electron chi connectivity index (χ0n) is 17.5. The van der Waals surface area contributed by atoms with Crippen molar-refractivity contribution in [2.75, 3.05) is 24.6 Å². The highest BCUT2D eigenvalue weighted by molar-refractivity contribution is 5.83. The number of aryl methyl sites for hydroxylation is 1. The average Bonchev–Trinajstić information content (AvgIpc) is 2.68. The standard InChI is InChI=1S/C23H31N3O2/c1-6-26(7-2)20-11-9-19(10-12-20)15-24-25-23(27)16-28-22-14-18(5)8-13-21(22)17(3)4/h8-15,17H,6-7,16H2,1-5H3,(H,25,27)/b24-15-. The second kappa shape index (κ2) is 10.5. The third kappa shape index (κ3) is 6.12. The number of anilines is 1. The summed E-state index contributed by atoms with van der Waals surface area (Å²) in [6.45, 7) is 12.4. The molecule has 0 spiro atoms. The molecule has 0 radical (unpaired) electrons. The average molecular weight is 382 g/mol. The summed E-state index contributed by atoms with van der Waals surface area (Å²) in [6, 6.07) is 14.2. The van der Waals surface area contributed by atoms with Crippen molar-refractivity contribution in [2.24, 2.45) is 5.10 Å². The van der Waals surface area contributed by atoms with Gasteiger partial charge in [-0.25, -0.2) is 5.43 Å². The van der Waals surface area contributed by atoms with Crippen LogP contribution in [0.25, 0.3) is 0 Å². The molecule has 1 amide bonds. The molecule has 0 bridgehead atoms. The lowest BCUT2D eigenvalue weighted by Crippen LogP contribution is -2.25. The van der Waals surface area contributed by atoms with Crippen molar-refractivity contribution >= 4 is 17.8 Å². The van der Waals surface area contributed by atoms with Crippen molar-refractivity contribution in [1.29, 1.82) is 0 Å². The molecule has 0 saturated heterocycles. The van der Waals surface area contributed by atoms with E-state index in [0.29, 0.717) is 5.92 Å². The number of ether oxygens (including phenoxy) is 1. The van der Waals surface area contributed by atoms with Crippen LogP contribution in [0.3, 0.4) is 0 Å². The van der Waals surface area contributed by atoms with E-state index in [9.17, 15) is 4.79 Å². The van der Waals surface area contributed by atoms with Crippen molar-refractivity contribution in [3.63, 3.8) is 0 Å². The summed E-state index contributed by atoms with van der Waals surface area (Å²) in [6.07, 6.45) is 1.64. The fourth-order valence-corrected chi connectivity index (χ4v) is 2.96. The second-order valence-electron chi connectivity index (χ2n) is 7.04. The van der Waals surface area contributed by atoms with Gasteiger partial charge < -0.3 is 9.64 Å². The van der Waals surface area contributed by atoms with Crippen molar-refractivity contribution in [3.8, 4) is 5.75 Å². The molecule has 0 saturated carbocycles. The molecule has 150 valence electrons. The van der Waals surface area contributed by atoms with Crippen LogP contribution in [0.4, 0.5) is 5.69 Å². The van der Waals surface area contributed by atoms with Crippen molar-refractivity contribution in [1.82, 2.24) is 5.43 Å². The van der Waals surface area contributed by atoms with Crippen LogP contribution < -0.4 is 15.1 Å². The smallest absolute Gasteiger partial charge is 0.277 e. The van der Waals surface area contributed by atoms with Crippen LogP contribution in [0.2, 0.25) is 0 Å². The maximum absolute atomic E-state index is 12.0. The minimum absolute atomic E-state index is 0.0680. The first-order chi connectivity index (χ1) is 13.4. The predicted molar refractivity (Wildman–Crippen MR) is 117 cm³/mol. The molecule has 2 aromatic carbocycles. The second-order valence-corrected chi connectivity index (χ2v) is 7.04. The fraction of sp³-hybridized carbons (Fsp3) is 0.391. The van der Waals surface area contributed by atoms with E-state index >= 15 is 0 Å². The summed E-state index contributed by atoms with van der Waals surface area (Å²) in [7, 11) is 0. The fourth-order valence-electron chi connectivity index (χ4n) is 2.96. The molecule has 0 aromatic heterocycles. The van der Waals surface area contributed by atoms with Crippen LogP contribution in [0.5, 0.6) is 5.75 Å². The number of amides is 1. The number of benzene rings is 2. The molecule has 1 N–H and O–H groups in total. The van der Waals surface area contributed by atoms with Crippen molar-refractivity contribution < 1.29 is 9.53 Å². The lowest BCUT2D eigenvalue weighted by molar-refractivity contribution is -0.123. The lowest BCUT2D eigenvalue weighted by Gasteiger charge is -2.20. The van der Waals surface area contributed by atoms with E-state index in [0.717, 1.165) is 35.5 Å². The Hall–Kier alpha value is -2.82. The third-order valence-corrected chi connectivity index (χ3v) is 4.57. The Morgan fingerprint density at radius 2 is 1.82 bits per heavy atom. The van der Waals surface area contributed by atoms with E-state index in [1.165, 1.54) is 5.69 Å². The molecule has 0 atom stereocenters. The van der Waals surface area contributed by atoms with E-state index < -0.39 is 0 Å². The SMILES string of the molecule is CCN(CC)c1ccc(/C=N\NC(=O)COc2cc(C)ccc2C(C)C)cc1. The maximum Gasteiger partial charge on any atom is 0.277 e. The van der Waals surface area contributed by atoms with Gasteiger partial charge in [-0.15, -0.1) is 0 Å². The third-order valence-electron chi connectivity index (χ3n) is 4.57. The van der Waals surface area contributed by atoms with Gasteiger partial charge in [-0.3, -0.25) is 4.79 Å². The van der Waals surface area contributed by atoms with Gasteiger partial charge in [0.05, 0.1) is 6.21 Å². The number of hydrogen-bond donors (Lipinski definition) is 1. The molecule has 2 aromatic rings. The first kappa shape index (κ1) is 21.5. The van der Waals surface area contributed by atoms with Gasteiger partial charge in [0.2, 0.25) is 0 Å². The first-order valence-electron chi connectivity index (χ1n) is 9.84. The van der Waals surface area contributed by atoms with E-state index in [-0.39, 0.29) is 12.5 Å². The zero-order valence-corrected chi connectivity index (χ0v) is 17.5. The summed E-state index contributed by atoms with van der Waals surface area (Å²) in [5.74, 6) is 0.796. The molecule has 0 fully saturated rings. The van der Waals surface area contributed by atoms with Gasteiger partial charge in [0.15, 0.2) is 6.61 Å². The Morgan fingerprint density at radius 1 is 1.14 bits per heavy atom. The Bertz CT molecular complexity index is 794. The maximum atomic E-state index is 12.0. The number of nitrogens with one attached hydrogen (secondary N) is 1. The van der Waals surface area contributed by atoms with Crippen molar-refractivity contribution in [2.45, 2.75) is 40.5 Å². The minimum Gasteiger partial charge on any atom is -0.483 e. The van der Waals surface area contributed by atoms with E-state index in [1.54, 1.807) is 6.21 Å². The molecule has 0 aliphatic carbocycles. The Kier molecular flexibility index (Phi) is 8.05. The molecular formula is C23H31N3O2. The van der Waals surface area contributed by atoms with E-state index in [1.807, 2.05) is 31.2 Å². The van der Waals surface area contributed by atoms with Gasteiger partial charge in [-0.05, 0) is 61.6 Å². The highest BCUT2D eigenvalue weighted by Gasteiger charge is 2.10. The molecular weight excluding hydrogens is 350 g/mol. The van der Waals surface area contributed by atoms with Crippen molar-refractivity contribution in [3.05, 3.63) is 59.2 Å². The Labute approximate surface area is 168 Å². The number of rotatable bonds is 9. The molecule has 2 rings (SSSR count). The molecule has 5 nitrogen and oxygen atoms in total. The van der Waals surface area contributed by atoms with Crippen LogP contribution in [-0.4, -0.2) is 31.8 Å². The minimum atomic E-state index is -0.285. The largest absolute Gasteiger partial charge is 0.483 e. The lowest BCUT2D eigenvalue weighted by atomic mass is 10.0. The topological polar surface area (TPSA) is 53.9 Å². The quantitative estimate of drug-likeness (QED) is 0.514. The summed E-state index contributed by atoms with van der Waals surface area (Å²) in [5, 5.41) is 4.03. The number of hydrogen-bond acceptors (Lipinski definition) is 4. The molecule has 0 heterocycles. The molecule has 5 heteroatoms. The Morgan fingerprint density at radius 3 is 2.43 bits per heavy atom. The van der Waals surface area contributed by atoms with Gasteiger partial charge in [0, 0.05) is 18.8 Å². The van der Waals surface area contributed by atoms with Crippen LogP contribution >= 0.6 is 0 Å². The molecule has 0 unspecified atom stereocenters. The highest BCUT2D eigenvalue weighted by atomic mass is 16.5. The van der Waals surface area contributed by atoms with Gasteiger partial charge in [0.1, 0.15) is 5.75 Å². The monoisotopic (exact) mass is 381 g/mol. The van der Waals surface area contributed by atoms with Crippen LogP contribution in [-0.2, 0) is 4.79 Å². The summed E-state index contributed by atoms with van der Waals surface area (Å²) in [5.41, 5.74) is 6.82.